The monoisotopic (exact) mass is 1150 g/mol. The third kappa shape index (κ3) is 30.9. The van der Waals surface area contributed by atoms with Crippen molar-refractivity contribution >= 4 is 42.3 Å². The number of carbonyl (C=O) groups is 2. The van der Waals surface area contributed by atoms with Crippen molar-refractivity contribution in [2.24, 2.45) is 5.41 Å². The van der Waals surface area contributed by atoms with Gasteiger partial charge in [-0.15, -0.1) is 0 Å². The summed E-state index contributed by atoms with van der Waals surface area (Å²) in [4.78, 5) is 26.9. The van der Waals surface area contributed by atoms with Gasteiger partial charge in [-0.2, -0.15) is 65.9 Å². The minimum absolute atomic E-state index is 0.677. The quantitative estimate of drug-likeness (QED) is 0.0667. The van der Waals surface area contributed by atoms with Gasteiger partial charge in [-0.05, 0) is 90.0 Å². The molecule has 0 bridgehead atoms. The lowest BCUT2D eigenvalue weighted by Crippen LogP contribution is -3.11. The van der Waals surface area contributed by atoms with Crippen molar-refractivity contribution in [1.29, 1.82) is 0 Å². The van der Waals surface area contributed by atoms with Crippen LogP contribution in [0.3, 0.4) is 0 Å². The van der Waals surface area contributed by atoms with Gasteiger partial charge in [-0.25, -0.2) is 30.0 Å². The van der Waals surface area contributed by atoms with Crippen LogP contribution in [0.4, 0.5) is 65.9 Å². The molecule has 0 aromatic heterocycles. The summed E-state index contributed by atoms with van der Waals surface area (Å²) in [6.07, 6.45) is -31.0. The van der Waals surface area contributed by atoms with Gasteiger partial charge >= 0.3 is 46.2 Å². The molecule has 3 unspecified atom stereocenters. The standard InChI is InChI=1S/C8H11F5O5S.C7H7F5O5S.3C6H15N.C3H3F5O4S/c1-6(2,3)5(14)18-4(7(9,10)11)8(12,13)19(15,16)17;1-3(2)4(13)17-5(6(8,9)10)7(11,12)18(14,15)16;3*1-4-7(5-2)6-3;4-2(5,6)1(9)3(7,8)13(10,11)12/h4H,1-3H3,(H,15,16,17);5H,1H2,2H3,(H,14,15,16);3*4-6H2,1-3H3;1,9H,(H,10,11,12). The second-order valence-electron chi connectivity index (χ2n) is 15.1. The Morgan fingerprint density at radius 3 is 0.803 bits per heavy atom. The summed E-state index contributed by atoms with van der Waals surface area (Å²) in [7, 11) is -19.9. The zero-order valence-electron chi connectivity index (χ0n) is 41.0. The van der Waals surface area contributed by atoms with Gasteiger partial charge in [0, 0.05) is 5.57 Å². The number of ether oxygens (including phenoxy) is 2. The molecular formula is C36H66F15N3O14S3. The highest BCUT2D eigenvalue weighted by Crippen LogP contribution is 2.40. The van der Waals surface area contributed by atoms with Crippen molar-refractivity contribution in [3.8, 4) is 0 Å². The fraction of sp³-hybridized carbons (Fsp3) is 0.889. The predicted molar refractivity (Wildman–Crippen MR) is 220 cm³/mol. The van der Waals surface area contributed by atoms with Crippen LogP contribution in [-0.2, 0) is 49.4 Å². The number of hydrogen-bond donors (Lipinski definition) is 4. The molecule has 432 valence electrons. The molecule has 0 rings (SSSR count). The van der Waals surface area contributed by atoms with Crippen molar-refractivity contribution in [3.63, 3.8) is 0 Å². The second-order valence-corrected chi connectivity index (χ2v) is 19.5. The molecule has 0 radical (unpaired) electrons. The SMILES string of the molecule is C=C(C)C(=O)OC(C(F)(F)F)C(F)(F)S(=O)(=O)[O-].CC(C)(C)C(=O)OC(C(F)(F)F)C(F)(F)S(=O)(=O)[O-].CC[NH+](CC)CC.CC[NH+](CC)CC.CC[NH+](CC)CC.O=S(=O)([O-])C(F)(F)C(O)C(F)(F)F. The number of quaternary nitrogens is 3. The van der Waals surface area contributed by atoms with Gasteiger partial charge in [0.05, 0.1) is 64.3 Å². The minimum Gasteiger partial charge on any atom is -0.743 e. The first kappa shape index (κ1) is 79.6. The third-order valence-electron chi connectivity index (χ3n) is 8.74. The topological polar surface area (TPSA) is 258 Å². The van der Waals surface area contributed by atoms with E-state index in [0.29, 0.717) is 0 Å². The Kier molecular flexibility index (Phi) is 36.4. The maximum absolute atomic E-state index is 12.9. The summed E-state index contributed by atoms with van der Waals surface area (Å²) < 4.78 is 279. The lowest BCUT2D eigenvalue weighted by Gasteiger charge is -2.31. The highest BCUT2D eigenvalue weighted by molar-refractivity contribution is 7.87. The molecule has 0 aromatic carbocycles. The second kappa shape index (κ2) is 32.5. The number of halogens is 15. The number of esters is 2. The van der Waals surface area contributed by atoms with Gasteiger partial charge in [0.25, 0.3) is 12.2 Å². The Balaban J connectivity index is -0.000000188. The molecule has 0 fully saturated rings. The largest absolute Gasteiger partial charge is 0.743 e. The van der Waals surface area contributed by atoms with E-state index in [4.69, 9.17) is 5.11 Å². The van der Waals surface area contributed by atoms with E-state index in [1.54, 1.807) is 14.7 Å². The van der Waals surface area contributed by atoms with Crippen molar-refractivity contribution in [1.82, 2.24) is 0 Å². The molecule has 0 aliphatic heterocycles. The van der Waals surface area contributed by atoms with Gasteiger partial charge in [0.15, 0.2) is 30.4 Å². The summed E-state index contributed by atoms with van der Waals surface area (Å²) >= 11 is 0. The number of hydrogen-bond acceptors (Lipinski definition) is 14. The Morgan fingerprint density at radius 1 is 0.479 bits per heavy atom. The summed E-state index contributed by atoms with van der Waals surface area (Å²) in [6, 6.07) is 0. The number of aliphatic hydroxyl groups excluding tert-OH is 1. The molecule has 0 aliphatic carbocycles. The molecule has 0 heterocycles. The van der Waals surface area contributed by atoms with E-state index < -0.39 is 106 Å². The average molecular weight is 1150 g/mol. The van der Waals surface area contributed by atoms with E-state index in [1.165, 1.54) is 58.9 Å². The van der Waals surface area contributed by atoms with Crippen LogP contribution in [0.15, 0.2) is 12.2 Å². The van der Waals surface area contributed by atoms with Gasteiger partial charge < -0.3 is 42.9 Å². The predicted octanol–water partition coefficient (Wildman–Crippen LogP) is 2.66. The molecule has 0 aliphatic rings. The van der Waals surface area contributed by atoms with Crippen molar-refractivity contribution in [2.75, 3.05) is 58.9 Å². The molecule has 35 heteroatoms. The zero-order chi connectivity index (χ0) is 59.0. The zero-order valence-corrected chi connectivity index (χ0v) is 43.4. The maximum atomic E-state index is 12.9. The van der Waals surface area contributed by atoms with Crippen LogP contribution >= 0.6 is 0 Å². The van der Waals surface area contributed by atoms with Gasteiger partial charge in [-0.3, -0.25) is 4.79 Å². The van der Waals surface area contributed by atoms with Crippen LogP contribution in [0, 0.1) is 5.41 Å². The normalized spacial score (nSPS) is 14.3. The molecule has 17 nitrogen and oxygen atoms in total. The van der Waals surface area contributed by atoms with Crippen LogP contribution in [0.2, 0.25) is 0 Å². The molecule has 0 saturated heterocycles. The fourth-order valence-corrected chi connectivity index (χ4v) is 5.28. The van der Waals surface area contributed by atoms with Crippen LogP contribution in [0.5, 0.6) is 0 Å². The molecule has 0 saturated carbocycles. The first-order valence-corrected chi connectivity index (χ1v) is 24.8. The Labute approximate surface area is 404 Å². The van der Waals surface area contributed by atoms with E-state index in [9.17, 15) is 114 Å². The number of alkyl halides is 15. The first-order chi connectivity index (χ1) is 31.2. The highest BCUT2D eigenvalue weighted by Gasteiger charge is 2.64. The number of rotatable bonds is 18. The summed E-state index contributed by atoms with van der Waals surface area (Å²) in [5, 5.41) is -9.63. The molecule has 0 spiro atoms. The maximum Gasteiger partial charge on any atom is 0.432 e. The van der Waals surface area contributed by atoms with Gasteiger partial charge in [0.1, 0.15) is 0 Å². The highest BCUT2D eigenvalue weighted by atomic mass is 32.2. The number of aliphatic hydroxyl groups is 1. The lowest BCUT2D eigenvalue weighted by atomic mass is 9.97. The lowest BCUT2D eigenvalue weighted by molar-refractivity contribution is -0.894. The number of carbonyl (C=O) groups excluding carboxylic acids is 2. The minimum atomic E-state index is -6.67. The van der Waals surface area contributed by atoms with E-state index in [0.717, 1.165) is 27.7 Å². The van der Waals surface area contributed by atoms with E-state index in [2.05, 4.69) is 78.4 Å². The summed E-state index contributed by atoms with van der Waals surface area (Å²) in [5.41, 5.74) is -2.27. The molecule has 0 aromatic rings. The fourth-order valence-electron chi connectivity index (χ4n) is 3.98. The van der Waals surface area contributed by atoms with Crippen LogP contribution < -0.4 is 14.7 Å². The Hall–Kier alpha value is -2.80. The van der Waals surface area contributed by atoms with Gasteiger partial charge in [0.2, 0.25) is 6.10 Å². The van der Waals surface area contributed by atoms with Crippen molar-refractivity contribution in [3.05, 3.63) is 12.2 Å². The summed E-state index contributed by atoms with van der Waals surface area (Å²) in [6.45, 7) is 38.3. The van der Waals surface area contributed by atoms with Crippen LogP contribution in [0.1, 0.15) is 90.0 Å². The van der Waals surface area contributed by atoms with Crippen LogP contribution in [-0.4, -0.2) is 167 Å². The van der Waals surface area contributed by atoms with E-state index in [1.807, 2.05) is 0 Å². The molecular weight excluding hydrogens is 1080 g/mol. The summed E-state index contributed by atoms with van der Waals surface area (Å²) in [5.74, 6) is -3.63. The van der Waals surface area contributed by atoms with E-state index >= 15 is 0 Å². The van der Waals surface area contributed by atoms with E-state index in [-0.39, 0.29) is 0 Å². The Bertz CT molecular complexity index is 1830. The van der Waals surface area contributed by atoms with Crippen LogP contribution in [0.25, 0.3) is 0 Å². The molecule has 0 amide bonds. The average Bonchev–Trinajstić information content (AvgIpc) is 3.18. The number of nitrogens with one attached hydrogen (secondary N) is 3. The first-order valence-electron chi connectivity index (χ1n) is 20.6. The van der Waals surface area contributed by atoms with Crippen molar-refractivity contribution in [2.45, 2.75) is 143 Å². The van der Waals surface area contributed by atoms with Gasteiger partial charge in [-0.1, -0.05) is 6.58 Å². The molecule has 4 N–H and O–H groups in total. The Morgan fingerprint density at radius 2 is 0.690 bits per heavy atom. The van der Waals surface area contributed by atoms with Crippen molar-refractivity contribution < 1.29 is 144 Å². The molecule has 3 atom stereocenters. The third-order valence-corrected chi connectivity index (χ3v) is 11.4. The molecule has 71 heavy (non-hydrogen) atoms. The smallest absolute Gasteiger partial charge is 0.432 e.